The summed E-state index contributed by atoms with van der Waals surface area (Å²) >= 11 is 5.08. The molecule has 31 heavy (non-hydrogen) atoms. The van der Waals surface area contributed by atoms with Crippen molar-refractivity contribution in [1.29, 1.82) is 0 Å². The van der Waals surface area contributed by atoms with Crippen molar-refractivity contribution in [1.82, 2.24) is 15.3 Å². The second kappa shape index (κ2) is 8.04. The number of rotatable bonds is 4. The van der Waals surface area contributed by atoms with Crippen LogP contribution >= 0.6 is 12.2 Å². The number of carbonyl (C=O) groups excluding carboxylic acids is 5. The lowest BCUT2D eigenvalue weighted by Gasteiger charge is -2.45. The highest BCUT2D eigenvalue weighted by Gasteiger charge is 2.56. The van der Waals surface area contributed by atoms with E-state index in [1.54, 1.807) is 13.8 Å². The maximum absolute atomic E-state index is 13.1. The first-order valence-corrected chi connectivity index (χ1v) is 9.52. The number of methoxy groups -OCH3 is 2. The molecule has 0 bridgehead atoms. The molecule has 2 N–H and O–H groups in total. The maximum atomic E-state index is 13.1. The van der Waals surface area contributed by atoms with Crippen molar-refractivity contribution >= 4 is 52.7 Å². The van der Waals surface area contributed by atoms with Crippen molar-refractivity contribution in [3.05, 3.63) is 29.3 Å². The zero-order chi connectivity index (χ0) is 23.1. The molecule has 2 heterocycles. The maximum Gasteiger partial charge on any atom is 0.337 e. The van der Waals surface area contributed by atoms with Gasteiger partial charge in [-0.15, -0.1) is 0 Å². The first kappa shape index (κ1) is 22.3. The van der Waals surface area contributed by atoms with Crippen molar-refractivity contribution in [2.24, 2.45) is 0 Å². The fourth-order valence-corrected chi connectivity index (χ4v) is 3.74. The molecule has 0 aliphatic carbocycles. The van der Waals surface area contributed by atoms with Crippen LogP contribution in [-0.2, 0) is 23.9 Å². The Labute approximate surface area is 182 Å². The van der Waals surface area contributed by atoms with Gasteiger partial charge in [0.1, 0.15) is 11.6 Å². The predicted molar refractivity (Wildman–Crippen MR) is 110 cm³/mol. The van der Waals surface area contributed by atoms with E-state index in [1.165, 1.54) is 37.4 Å². The standard InChI is InChI=1S/C19H20N4O7S/c1-19(2)17(28)21-18(31)22-13(24)8-12(23(19)22)14(25)20-11-6-9(15(26)29-3)5-10(7-11)16(27)30-4/h5-7,12H,8H2,1-4H3,(H,20,25)(H,21,28,31)/t12-/m0/s1. The first-order valence-electron chi connectivity index (χ1n) is 9.11. The quantitative estimate of drug-likeness (QED) is 0.490. The van der Waals surface area contributed by atoms with Crippen molar-refractivity contribution < 1.29 is 33.4 Å². The fraction of sp³-hybridized carbons (Fsp3) is 0.368. The SMILES string of the molecule is COC(=O)c1cc(NC(=O)[C@@H]2CC(=O)N3C(=S)NC(=O)C(C)(C)N23)cc(C(=O)OC)c1. The number of hydrogen-bond acceptors (Lipinski definition) is 9. The number of hydrazine groups is 1. The van der Waals surface area contributed by atoms with E-state index < -0.39 is 41.2 Å². The molecule has 11 nitrogen and oxygen atoms in total. The van der Waals surface area contributed by atoms with Gasteiger partial charge in [0.2, 0.25) is 17.7 Å². The van der Waals surface area contributed by atoms with Crippen molar-refractivity contribution in [2.75, 3.05) is 19.5 Å². The van der Waals surface area contributed by atoms with Gasteiger partial charge in [-0.3, -0.25) is 19.7 Å². The van der Waals surface area contributed by atoms with Gasteiger partial charge in [-0.2, -0.15) is 5.01 Å². The number of esters is 2. The highest BCUT2D eigenvalue weighted by Crippen LogP contribution is 2.33. The van der Waals surface area contributed by atoms with Crippen molar-refractivity contribution in [3.63, 3.8) is 0 Å². The van der Waals surface area contributed by atoms with E-state index in [0.29, 0.717) is 0 Å². The lowest BCUT2D eigenvalue weighted by Crippen LogP contribution is -2.71. The molecule has 0 unspecified atom stereocenters. The van der Waals surface area contributed by atoms with Crippen LogP contribution < -0.4 is 10.6 Å². The number of anilines is 1. The van der Waals surface area contributed by atoms with Crippen LogP contribution in [0, 0.1) is 0 Å². The Bertz CT molecular complexity index is 988. The first-order chi connectivity index (χ1) is 14.5. The molecule has 2 fully saturated rings. The van der Waals surface area contributed by atoms with Crippen LogP contribution in [0.3, 0.4) is 0 Å². The molecule has 3 rings (SSSR count). The van der Waals surface area contributed by atoms with E-state index in [4.69, 9.17) is 12.2 Å². The van der Waals surface area contributed by atoms with Crippen LogP contribution in [0.15, 0.2) is 18.2 Å². The van der Waals surface area contributed by atoms with Gasteiger partial charge >= 0.3 is 11.9 Å². The number of hydrogen-bond donors (Lipinski definition) is 2. The lowest BCUT2D eigenvalue weighted by molar-refractivity contribution is -0.154. The van der Waals surface area contributed by atoms with E-state index >= 15 is 0 Å². The smallest absolute Gasteiger partial charge is 0.337 e. The summed E-state index contributed by atoms with van der Waals surface area (Å²) in [6, 6.07) is 2.87. The summed E-state index contributed by atoms with van der Waals surface area (Å²) in [7, 11) is 2.35. The van der Waals surface area contributed by atoms with Gasteiger partial charge in [0.25, 0.3) is 0 Å². The number of nitrogens with zero attached hydrogens (tertiary/aromatic N) is 2. The van der Waals surface area contributed by atoms with Gasteiger partial charge in [0.15, 0.2) is 5.11 Å². The normalized spacial score (nSPS) is 20.1. The van der Waals surface area contributed by atoms with Crippen LogP contribution in [0.2, 0.25) is 0 Å². The fourth-order valence-electron chi connectivity index (χ4n) is 3.46. The molecule has 0 spiro atoms. The molecule has 12 heteroatoms. The molecule has 2 saturated heterocycles. The minimum atomic E-state index is -1.23. The molecule has 0 radical (unpaired) electrons. The Morgan fingerprint density at radius 2 is 1.65 bits per heavy atom. The van der Waals surface area contributed by atoms with Crippen LogP contribution in [0.4, 0.5) is 5.69 Å². The molecule has 1 aromatic rings. The Kier molecular flexibility index (Phi) is 5.79. The molecule has 3 amide bonds. The van der Waals surface area contributed by atoms with Crippen LogP contribution in [0.25, 0.3) is 0 Å². The predicted octanol–water partition coefficient (Wildman–Crippen LogP) is 0.210. The minimum absolute atomic E-state index is 0.0173. The van der Waals surface area contributed by atoms with Gasteiger partial charge in [0, 0.05) is 5.69 Å². The van der Waals surface area contributed by atoms with E-state index in [9.17, 15) is 24.0 Å². The average Bonchev–Trinajstić information content (AvgIpc) is 3.09. The second-order valence-corrected chi connectivity index (χ2v) is 7.75. The minimum Gasteiger partial charge on any atom is -0.465 e. The van der Waals surface area contributed by atoms with Crippen LogP contribution in [0.1, 0.15) is 41.0 Å². The molecule has 164 valence electrons. The van der Waals surface area contributed by atoms with E-state index in [-0.39, 0.29) is 28.3 Å². The number of benzene rings is 1. The van der Waals surface area contributed by atoms with Crippen molar-refractivity contribution in [2.45, 2.75) is 31.8 Å². The zero-order valence-electron chi connectivity index (χ0n) is 17.2. The summed E-state index contributed by atoms with van der Waals surface area (Å²) in [6.07, 6.45) is -0.217. The van der Waals surface area contributed by atoms with Gasteiger partial charge < -0.3 is 14.8 Å². The molecule has 1 atom stereocenters. The number of thiocarbonyl (C=S) groups is 1. The van der Waals surface area contributed by atoms with Gasteiger partial charge in [-0.05, 0) is 44.3 Å². The Morgan fingerprint density at radius 3 is 2.16 bits per heavy atom. The monoisotopic (exact) mass is 448 g/mol. The average molecular weight is 448 g/mol. The summed E-state index contributed by atoms with van der Waals surface area (Å²) in [5.74, 6) is -2.97. The molecule has 2 aliphatic heterocycles. The number of amides is 3. The number of ether oxygens (including phenoxy) is 2. The van der Waals surface area contributed by atoms with Crippen LogP contribution in [-0.4, -0.2) is 70.6 Å². The van der Waals surface area contributed by atoms with E-state index in [2.05, 4.69) is 20.1 Å². The molecule has 0 saturated carbocycles. The summed E-state index contributed by atoms with van der Waals surface area (Å²) in [4.78, 5) is 61.9. The van der Waals surface area contributed by atoms with Gasteiger partial charge in [-0.1, -0.05) is 0 Å². The van der Waals surface area contributed by atoms with E-state index in [1.807, 2.05) is 0 Å². The third-order valence-electron chi connectivity index (χ3n) is 5.00. The number of carbonyl (C=O) groups is 5. The molecule has 1 aromatic carbocycles. The van der Waals surface area contributed by atoms with Gasteiger partial charge in [0.05, 0.1) is 31.8 Å². The molecular weight excluding hydrogens is 428 g/mol. The largest absolute Gasteiger partial charge is 0.465 e. The lowest BCUT2D eigenvalue weighted by atomic mass is 10.00. The molecular formula is C19H20N4O7S. The summed E-state index contributed by atoms with van der Waals surface area (Å²) < 4.78 is 9.36. The highest BCUT2D eigenvalue weighted by atomic mass is 32.1. The highest BCUT2D eigenvalue weighted by molar-refractivity contribution is 7.80. The third kappa shape index (κ3) is 3.86. The van der Waals surface area contributed by atoms with Crippen molar-refractivity contribution in [3.8, 4) is 0 Å². The Hall–Kier alpha value is -3.38. The summed E-state index contributed by atoms with van der Waals surface area (Å²) in [6.45, 7) is 3.12. The van der Waals surface area contributed by atoms with Gasteiger partial charge in [-0.25, -0.2) is 14.6 Å². The third-order valence-corrected chi connectivity index (χ3v) is 5.28. The second-order valence-electron chi connectivity index (χ2n) is 7.36. The Balaban J connectivity index is 1.94. The topological polar surface area (TPSA) is 134 Å². The number of fused-ring (bicyclic) bond motifs is 1. The Morgan fingerprint density at radius 1 is 1.10 bits per heavy atom. The van der Waals surface area contributed by atoms with Crippen LogP contribution in [0.5, 0.6) is 0 Å². The number of nitrogens with one attached hydrogen (secondary N) is 2. The summed E-state index contributed by atoms with van der Waals surface area (Å²) in [5.41, 5.74) is -1.09. The van der Waals surface area contributed by atoms with E-state index in [0.717, 1.165) is 5.01 Å². The molecule has 2 aliphatic rings. The zero-order valence-corrected chi connectivity index (χ0v) is 18.0. The molecule has 0 aromatic heterocycles. The summed E-state index contributed by atoms with van der Waals surface area (Å²) in [5, 5.41) is 7.38.